The number of ether oxygens (including phenoxy) is 1. The summed E-state index contributed by atoms with van der Waals surface area (Å²) in [7, 11) is 0. The minimum Gasteiger partial charge on any atom is -0.450 e. The number of alkyl carbamates (subject to hydrolysis) is 1. The van der Waals surface area contributed by atoms with Gasteiger partial charge in [-0.15, -0.1) is 0 Å². The van der Waals surface area contributed by atoms with Crippen molar-refractivity contribution in [3.05, 3.63) is 35.9 Å². The van der Waals surface area contributed by atoms with Crippen molar-refractivity contribution >= 4 is 6.09 Å². The van der Waals surface area contributed by atoms with Crippen LogP contribution in [0.15, 0.2) is 30.3 Å². The summed E-state index contributed by atoms with van der Waals surface area (Å²) in [5, 5.41) is 12.5. The maximum atomic E-state index is 11.1. The highest BCUT2D eigenvalue weighted by molar-refractivity contribution is 5.67. The van der Waals surface area contributed by atoms with Gasteiger partial charge in [0.1, 0.15) is 0 Å². The lowest BCUT2D eigenvalue weighted by molar-refractivity contribution is 0.113. The Labute approximate surface area is 95.2 Å². The van der Waals surface area contributed by atoms with Crippen molar-refractivity contribution in [1.82, 2.24) is 5.32 Å². The van der Waals surface area contributed by atoms with E-state index in [1.807, 2.05) is 30.3 Å². The van der Waals surface area contributed by atoms with Gasteiger partial charge in [-0.1, -0.05) is 30.3 Å². The first kappa shape index (κ1) is 12.5. The van der Waals surface area contributed by atoms with Gasteiger partial charge in [-0.05, 0) is 19.4 Å². The summed E-state index contributed by atoms with van der Waals surface area (Å²) in [6.07, 6.45) is -1.24. The van der Waals surface area contributed by atoms with E-state index in [-0.39, 0.29) is 6.04 Å². The quantitative estimate of drug-likeness (QED) is 0.819. The third-order valence-electron chi connectivity index (χ3n) is 2.24. The molecule has 4 heteroatoms. The molecule has 16 heavy (non-hydrogen) atoms. The normalized spacial score (nSPS) is 13.9. The van der Waals surface area contributed by atoms with Crippen LogP contribution in [0.2, 0.25) is 0 Å². The molecular formula is C12H17NO3. The first-order valence-electron chi connectivity index (χ1n) is 5.31. The first-order chi connectivity index (χ1) is 7.65. The number of rotatable bonds is 4. The van der Waals surface area contributed by atoms with E-state index in [9.17, 15) is 9.90 Å². The van der Waals surface area contributed by atoms with Gasteiger partial charge in [0.2, 0.25) is 0 Å². The molecule has 4 nitrogen and oxygen atoms in total. The summed E-state index contributed by atoms with van der Waals surface area (Å²) in [4.78, 5) is 11.1. The highest BCUT2D eigenvalue weighted by Gasteiger charge is 2.18. The van der Waals surface area contributed by atoms with E-state index in [4.69, 9.17) is 4.74 Å². The van der Waals surface area contributed by atoms with Crippen LogP contribution >= 0.6 is 0 Å². The third kappa shape index (κ3) is 3.55. The highest BCUT2D eigenvalue weighted by atomic mass is 16.5. The fourth-order valence-corrected chi connectivity index (χ4v) is 1.38. The Kier molecular flexibility index (Phi) is 4.79. The number of carbonyl (C=O) groups is 1. The molecule has 0 saturated carbocycles. The second-order valence-corrected chi connectivity index (χ2v) is 3.51. The standard InChI is InChI=1S/C12H17NO3/c1-3-16-12(15)13-9(2)11(14)10-7-5-4-6-8-10/h4-9,11,14H,3H2,1-2H3,(H,13,15)/t9-,11-/m0/s1. The molecule has 0 aliphatic carbocycles. The predicted molar refractivity (Wildman–Crippen MR) is 61.0 cm³/mol. The number of benzene rings is 1. The van der Waals surface area contributed by atoms with Crippen LogP contribution < -0.4 is 5.32 Å². The fourth-order valence-electron chi connectivity index (χ4n) is 1.38. The van der Waals surface area contributed by atoms with Crippen LogP contribution in [0.25, 0.3) is 0 Å². The Hall–Kier alpha value is -1.55. The molecule has 0 spiro atoms. The smallest absolute Gasteiger partial charge is 0.407 e. The predicted octanol–water partition coefficient (Wildman–Crippen LogP) is 1.85. The summed E-state index contributed by atoms with van der Waals surface area (Å²) in [5.74, 6) is 0. The van der Waals surface area contributed by atoms with Gasteiger partial charge in [0.15, 0.2) is 0 Å². The van der Waals surface area contributed by atoms with Gasteiger partial charge in [-0.3, -0.25) is 0 Å². The molecule has 0 saturated heterocycles. The number of carbonyl (C=O) groups excluding carboxylic acids is 1. The van der Waals surface area contributed by atoms with Crippen molar-refractivity contribution < 1.29 is 14.6 Å². The van der Waals surface area contributed by atoms with Crippen LogP contribution in [-0.4, -0.2) is 23.8 Å². The van der Waals surface area contributed by atoms with Gasteiger partial charge in [-0.2, -0.15) is 0 Å². The summed E-state index contributed by atoms with van der Waals surface area (Å²) in [6.45, 7) is 3.78. The first-order valence-corrected chi connectivity index (χ1v) is 5.31. The average molecular weight is 223 g/mol. The summed E-state index contributed by atoms with van der Waals surface area (Å²) in [6, 6.07) is 8.80. The molecule has 88 valence electrons. The molecule has 0 aliphatic heterocycles. The van der Waals surface area contributed by atoms with E-state index in [1.165, 1.54) is 0 Å². The molecule has 0 heterocycles. The third-order valence-corrected chi connectivity index (χ3v) is 2.24. The molecule has 0 aliphatic rings. The van der Waals surface area contributed by atoms with Crippen molar-refractivity contribution in [3.8, 4) is 0 Å². The Morgan fingerprint density at radius 2 is 2.06 bits per heavy atom. The lowest BCUT2D eigenvalue weighted by atomic mass is 10.0. The zero-order valence-corrected chi connectivity index (χ0v) is 9.51. The number of nitrogens with one attached hydrogen (secondary N) is 1. The maximum Gasteiger partial charge on any atom is 0.407 e. The molecule has 0 fully saturated rings. The minimum absolute atomic E-state index is 0.319. The molecule has 1 aromatic rings. The fraction of sp³-hybridized carbons (Fsp3) is 0.417. The number of aliphatic hydroxyl groups excluding tert-OH is 1. The monoisotopic (exact) mass is 223 g/mol. The van der Waals surface area contributed by atoms with Gasteiger partial charge in [0.25, 0.3) is 0 Å². The van der Waals surface area contributed by atoms with Gasteiger partial charge in [0, 0.05) is 0 Å². The lowest BCUT2D eigenvalue weighted by Gasteiger charge is -2.20. The van der Waals surface area contributed by atoms with Crippen LogP contribution in [-0.2, 0) is 4.74 Å². The molecule has 0 unspecified atom stereocenters. The zero-order valence-electron chi connectivity index (χ0n) is 9.51. The summed E-state index contributed by atoms with van der Waals surface area (Å²) >= 11 is 0. The van der Waals surface area contributed by atoms with E-state index >= 15 is 0 Å². The summed E-state index contributed by atoms with van der Waals surface area (Å²) < 4.78 is 4.74. The second-order valence-electron chi connectivity index (χ2n) is 3.51. The zero-order chi connectivity index (χ0) is 12.0. The topological polar surface area (TPSA) is 58.6 Å². The van der Waals surface area contributed by atoms with E-state index in [0.29, 0.717) is 6.61 Å². The lowest BCUT2D eigenvalue weighted by Crippen LogP contribution is -2.37. The van der Waals surface area contributed by atoms with Crippen LogP contribution in [0.5, 0.6) is 0 Å². The van der Waals surface area contributed by atoms with Crippen molar-refractivity contribution in [2.24, 2.45) is 0 Å². The van der Waals surface area contributed by atoms with Gasteiger partial charge in [0.05, 0.1) is 18.8 Å². The summed E-state index contributed by atoms with van der Waals surface area (Å²) in [5.41, 5.74) is 0.770. The SMILES string of the molecule is CCOC(=O)N[C@@H](C)[C@H](O)c1ccccc1. The van der Waals surface area contributed by atoms with Crippen molar-refractivity contribution in [2.45, 2.75) is 26.0 Å². The van der Waals surface area contributed by atoms with Crippen molar-refractivity contribution in [3.63, 3.8) is 0 Å². The highest BCUT2D eigenvalue weighted by Crippen LogP contribution is 2.15. The minimum atomic E-state index is -0.731. The van der Waals surface area contributed by atoms with Crippen LogP contribution in [0.3, 0.4) is 0 Å². The molecule has 0 aromatic heterocycles. The molecular weight excluding hydrogens is 206 g/mol. The van der Waals surface area contributed by atoms with Crippen molar-refractivity contribution in [1.29, 1.82) is 0 Å². The number of aliphatic hydroxyl groups is 1. The molecule has 2 N–H and O–H groups in total. The molecule has 0 bridgehead atoms. The number of hydrogen-bond donors (Lipinski definition) is 2. The number of amides is 1. The van der Waals surface area contributed by atoms with Gasteiger partial charge < -0.3 is 15.2 Å². The molecule has 1 amide bonds. The molecule has 1 rings (SSSR count). The van der Waals surface area contributed by atoms with Crippen LogP contribution in [0, 0.1) is 0 Å². The molecule has 0 radical (unpaired) electrons. The Balaban J connectivity index is 2.54. The maximum absolute atomic E-state index is 11.1. The number of hydrogen-bond acceptors (Lipinski definition) is 3. The van der Waals surface area contributed by atoms with E-state index in [0.717, 1.165) is 5.56 Å². The van der Waals surface area contributed by atoms with E-state index in [2.05, 4.69) is 5.32 Å². The van der Waals surface area contributed by atoms with Gasteiger partial charge in [-0.25, -0.2) is 4.79 Å². The van der Waals surface area contributed by atoms with Crippen LogP contribution in [0.4, 0.5) is 4.79 Å². The van der Waals surface area contributed by atoms with Crippen molar-refractivity contribution in [2.75, 3.05) is 6.61 Å². The molecule has 2 atom stereocenters. The second kappa shape index (κ2) is 6.12. The van der Waals surface area contributed by atoms with E-state index < -0.39 is 12.2 Å². The Morgan fingerprint density at radius 3 is 2.62 bits per heavy atom. The van der Waals surface area contributed by atoms with Gasteiger partial charge >= 0.3 is 6.09 Å². The Bertz CT molecular complexity index is 326. The average Bonchev–Trinajstić information content (AvgIpc) is 2.29. The van der Waals surface area contributed by atoms with Crippen LogP contribution in [0.1, 0.15) is 25.5 Å². The largest absolute Gasteiger partial charge is 0.450 e. The molecule has 1 aromatic carbocycles. The van der Waals surface area contributed by atoms with E-state index in [1.54, 1.807) is 13.8 Å². The Morgan fingerprint density at radius 1 is 1.44 bits per heavy atom.